The molecule has 0 aliphatic heterocycles. The Morgan fingerprint density at radius 3 is 2.35 bits per heavy atom. The Morgan fingerprint density at radius 2 is 1.81 bits per heavy atom. The fraction of sp³-hybridized carbons (Fsp3) is 0.429. The Labute approximate surface area is 183 Å². The molecule has 3 amide bonds. The molecule has 0 spiro atoms. The maximum Gasteiger partial charge on any atom is 0.270 e. The monoisotopic (exact) mass is 447 g/mol. The van der Waals surface area contributed by atoms with Gasteiger partial charge in [0.25, 0.3) is 11.8 Å². The van der Waals surface area contributed by atoms with Crippen molar-refractivity contribution in [1.29, 1.82) is 0 Å². The Balaban J connectivity index is 1.57. The minimum Gasteiger partial charge on any atom is -0.364 e. The molecule has 10 heteroatoms. The number of aromatic nitrogens is 2. The fourth-order valence-corrected chi connectivity index (χ4v) is 5.15. The van der Waals surface area contributed by atoms with Gasteiger partial charge in [0.1, 0.15) is 11.5 Å². The summed E-state index contributed by atoms with van der Waals surface area (Å²) in [6.07, 6.45) is 5.27. The summed E-state index contributed by atoms with van der Waals surface area (Å²) in [4.78, 5) is 41.5. The van der Waals surface area contributed by atoms with E-state index in [2.05, 4.69) is 15.6 Å². The summed E-state index contributed by atoms with van der Waals surface area (Å²) >= 11 is 6.06. The summed E-state index contributed by atoms with van der Waals surface area (Å²) in [7, 11) is 1.49. The average Bonchev–Trinajstić information content (AvgIpc) is 3.23. The first-order valence-electron chi connectivity index (χ1n) is 10.1. The van der Waals surface area contributed by atoms with Crippen LogP contribution < -0.4 is 16.4 Å². The SMILES string of the molecule is CNC(=O)c1c(C(N)=O)ncn1C12CCC(C(=O)Nc3ccc(F)cc3Cl)(CC1)CC2. The highest BCUT2D eigenvalue weighted by atomic mass is 35.5. The van der Waals surface area contributed by atoms with Crippen LogP contribution in [0.15, 0.2) is 24.5 Å². The van der Waals surface area contributed by atoms with Gasteiger partial charge >= 0.3 is 0 Å². The minimum absolute atomic E-state index is 0.0557. The van der Waals surface area contributed by atoms with E-state index >= 15 is 0 Å². The highest BCUT2D eigenvalue weighted by molar-refractivity contribution is 6.33. The predicted molar refractivity (Wildman–Crippen MR) is 112 cm³/mol. The third-order valence-corrected chi connectivity index (χ3v) is 7.13. The topological polar surface area (TPSA) is 119 Å². The number of benzene rings is 1. The number of imidazole rings is 1. The van der Waals surface area contributed by atoms with E-state index in [1.807, 2.05) is 0 Å². The van der Waals surface area contributed by atoms with Gasteiger partial charge in [-0.1, -0.05) is 11.6 Å². The van der Waals surface area contributed by atoms with Gasteiger partial charge in [-0.15, -0.1) is 0 Å². The number of halogens is 2. The third-order valence-electron chi connectivity index (χ3n) is 6.82. The van der Waals surface area contributed by atoms with E-state index in [1.54, 1.807) is 4.57 Å². The first kappa shape index (κ1) is 21.3. The van der Waals surface area contributed by atoms with Crippen molar-refractivity contribution in [3.8, 4) is 0 Å². The first-order valence-corrected chi connectivity index (χ1v) is 10.5. The lowest BCUT2D eigenvalue weighted by Crippen LogP contribution is -2.53. The van der Waals surface area contributed by atoms with Crippen LogP contribution in [-0.4, -0.2) is 34.3 Å². The Morgan fingerprint density at radius 1 is 1.16 bits per heavy atom. The zero-order valence-corrected chi connectivity index (χ0v) is 17.8. The van der Waals surface area contributed by atoms with Crippen molar-refractivity contribution < 1.29 is 18.8 Å². The molecule has 0 atom stereocenters. The number of amides is 3. The van der Waals surface area contributed by atoms with E-state index in [1.165, 1.54) is 25.5 Å². The van der Waals surface area contributed by atoms with Gasteiger partial charge in [-0.25, -0.2) is 9.37 Å². The number of anilines is 1. The van der Waals surface area contributed by atoms with E-state index in [9.17, 15) is 18.8 Å². The lowest BCUT2D eigenvalue weighted by Gasteiger charge is -2.53. The smallest absolute Gasteiger partial charge is 0.270 e. The number of hydrogen-bond acceptors (Lipinski definition) is 4. The number of nitrogens with two attached hydrogens (primary N) is 1. The van der Waals surface area contributed by atoms with Gasteiger partial charge in [-0.3, -0.25) is 14.4 Å². The van der Waals surface area contributed by atoms with Crippen LogP contribution in [0.4, 0.5) is 10.1 Å². The maximum atomic E-state index is 13.3. The van der Waals surface area contributed by atoms with E-state index in [0.717, 1.165) is 6.07 Å². The second kappa shape index (κ2) is 7.64. The number of primary amides is 1. The van der Waals surface area contributed by atoms with Crippen LogP contribution in [0.3, 0.4) is 0 Å². The second-order valence-corrected chi connectivity index (χ2v) is 8.75. The van der Waals surface area contributed by atoms with Crippen LogP contribution in [0, 0.1) is 11.2 Å². The van der Waals surface area contributed by atoms with E-state index in [4.69, 9.17) is 17.3 Å². The van der Waals surface area contributed by atoms with Gasteiger partial charge < -0.3 is 20.9 Å². The van der Waals surface area contributed by atoms with E-state index < -0.39 is 28.6 Å². The fourth-order valence-electron chi connectivity index (χ4n) is 4.94. The molecule has 31 heavy (non-hydrogen) atoms. The normalized spacial score (nSPS) is 24.6. The molecule has 3 aliphatic rings. The number of rotatable bonds is 5. The summed E-state index contributed by atoms with van der Waals surface area (Å²) < 4.78 is 15.1. The van der Waals surface area contributed by atoms with Crippen molar-refractivity contribution in [2.75, 3.05) is 12.4 Å². The molecule has 4 N–H and O–H groups in total. The molecule has 3 fully saturated rings. The summed E-state index contributed by atoms with van der Waals surface area (Å²) in [6.45, 7) is 0. The van der Waals surface area contributed by atoms with E-state index in [-0.39, 0.29) is 22.3 Å². The number of fused-ring (bicyclic) bond motifs is 3. The zero-order valence-electron chi connectivity index (χ0n) is 17.0. The van der Waals surface area contributed by atoms with Gasteiger partial charge in [-0.05, 0) is 56.7 Å². The predicted octanol–water partition coefficient (Wildman–Crippen LogP) is 2.82. The van der Waals surface area contributed by atoms with Gasteiger partial charge in [0.2, 0.25) is 5.91 Å². The number of carbonyl (C=O) groups is 3. The first-order chi connectivity index (χ1) is 14.7. The van der Waals surface area contributed by atoms with Crippen LogP contribution in [0.2, 0.25) is 5.02 Å². The highest BCUT2D eigenvalue weighted by Crippen LogP contribution is 2.56. The van der Waals surface area contributed by atoms with Crippen molar-refractivity contribution in [1.82, 2.24) is 14.9 Å². The highest BCUT2D eigenvalue weighted by Gasteiger charge is 2.54. The lowest BCUT2D eigenvalue weighted by molar-refractivity contribution is -0.134. The largest absolute Gasteiger partial charge is 0.364 e. The molecule has 0 saturated heterocycles. The Kier molecular flexibility index (Phi) is 5.25. The van der Waals surface area contributed by atoms with Gasteiger partial charge in [0, 0.05) is 18.0 Å². The minimum atomic E-state index is -0.759. The second-order valence-electron chi connectivity index (χ2n) is 8.34. The van der Waals surface area contributed by atoms with Crippen molar-refractivity contribution in [3.05, 3.63) is 46.8 Å². The molecule has 8 nitrogen and oxygen atoms in total. The van der Waals surface area contributed by atoms with E-state index in [0.29, 0.717) is 44.2 Å². The summed E-state index contributed by atoms with van der Waals surface area (Å²) in [6, 6.07) is 3.87. The summed E-state index contributed by atoms with van der Waals surface area (Å²) in [5.41, 5.74) is 4.94. The number of hydrogen-bond donors (Lipinski definition) is 3. The van der Waals surface area contributed by atoms with Crippen molar-refractivity contribution >= 4 is 35.0 Å². The number of carbonyl (C=O) groups excluding carboxylic acids is 3. The molecule has 2 bridgehead atoms. The molecule has 2 aromatic rings. The molecular formula is C21H23ClFN5O3. The molecule has 3 saturated carbocycles. The zero-order chi connectivity index (χ0) is 22.4. The van der Waals surface area contributed by atoms with Crippen LogP contribution in [0.5, 0.6) is 0 Å². The molecule has 1 heterocycles. The molecule has 5 rings (SSSR count). The Bertz CT molecular complexity index is 1060. The van der Waals surface area contributed by atoms with Crippen molar-refractivity contribution in [2.45, 2.75) is 44.1 Å². The van der Waals surface area contributed by atoms with Crippen molar-refractivity contribution in [3.63, 3.8) is 0 Å². The quantitative estimate of drug-likeness (QED) is 0.652. The third kappa shape index (κ3) is 3.46. The molecule has 0 radical (unpaired) electrons. The molecule has 1 aromatic carbocycles. The number of nitrogens with one attached hydrogen (secondary N) is 2. The number of nitrogens with zero attached hydrogens (tertiary/aromatic N) is 2. The molecule has 3 aliphatic carbocycles. The molecule has 164 valence electrons. The van der Waals surface area contributed by atoms with Crippen LogP contribution in [-0.2, 0) is 10.3 Å². The summed E-state index contributed by atoms with van der Waals surface area (Å²) in [5, 5.41) is 5.55. The average molecular weight is 448 g/mol. The van der Waals surface area contributed by atoms with Gasteiger partial charge in [0.15, 0.2) is 5.69 Å². The Hall–Kier alpha value is -2.94. The lowest BCUT2D eigenvalue weighted by atomic mass is 9.56. The van der Waals surface area contributed by atoms with Crippen LogP contribution in [0.25, 0.3) is 0 Å². The van der Waals surface area contributed by atoms with Gasteiger partial charge in [-0.2, -0.15) is 0 Å². The maximum absolute atomic E-state index is 13.3. The summed E-state index contributed by atoms with van der Waals surface area (Å²) in [5.74, 6) is -1.79. The van der Waals surface area contributed by atoms with Gasteiger partial charge in [0.05, 0.1) is 17.0 Å². The van der Waals surface area contributed by atoms with Crippen LogP contribution >= 0.6 is 11.6 Å². The van der Waals surface area contributed by atoms with Crippen molar-refractivity contribution in [2.24, 2.45) is 11.1 Å². The molecule has 0 unspecified atom stereocenters. The molecular weight excluding hydrogens is 425 g/mol. The van der Waals surface area contributed by atoms with Crippen LogP contribution in [0.1, 0.15) is 59.5 Å². The molecule has 1 aromatic heterocycles. The standard InChI is InChI=1S/C21H23ClFN5O3/c1-25-18(30)16-15(17(24)29)26-11-28(16)21-7-4-20(5-8-21,6-9-21)19(31)27-14-3-2-12(23)10-13(14)22/h2-3,10-11H,4-9H2,1H3,(H2,24,29)(H,25,30)(H,27,31).